The first-order valence-electron chi connectivity index (χ1n) is 6.61. The summed E-state index contributed by atoms with van der Waals surface area (Å²) in [5.74, 6) is -0.682. The van der Waals surface area contributed by atoms with Gasteiger partial charge in [0.1, 0.15) is 10.7 Å². The van der Waals surface area contributed by atoms with E-state index in [9.17, 15) is 12.8 Å². The molecule has 0 bridgehead atoms. The summed E-state index contributed by atoms with van der Waals surface area (Å²) in [6.07, 6.45) is 0. The predicted molar refractivity (Wildman–Crippen MR) is 76.2 cm³/mol. The zero-order chi connectivity index (χ0) is 15.5. The molecular formula is C14H22FNO3S. The van der Waals surface area contributed by atoms with Crippen LogP contribution in [-0.2, 0) is 16.6 Å². The van der Waals surface area contributed by atoms with E-state index >= 15 is 0 Å². The number of aliphatic hydroxyl groups excluding tert-OH is 1. The summed E-state index contributed by atoms with van der Waals surface area (Å²) >= 11 is 0. The van der Waals surface area contributed by atoms with Crippen LogP contribution in [0.3, 0.4) is 0 Å². The van der Waals surface area contributed by atoms with Crippen molar-refractivity contribution in [2.75, 3.05) is 6.54 Å². The smallest absolute Gasteiger partial charge is 0.246 e. The summed E-state index contributed by atoms with van der Waals surface area (Å²) in [7, 11) is -3.87. The van der Waals surface area contributed by atoms with Crippen LogP contribution >= 0.6 is 0 Å². The Balaban J connectivity index is 3.26. The van der Waals surface area contributed by atoms with Crippen LogP contribution in [0.1, 0.15) is 33.3 Å². The van der Waals surface area contributed by atoms with Crippen LogP contribution in [0.15, 0.2) is 23.1 Å². The Kier molecular flexibility index (Phi) is 5.68. The minimum Gasteiger partial charge on any atom is -0.392 e. The van der Waals surface area contributed by atoms with E-state index in [2.05, 4.69) is 0 Å². The lowest BCUT2D eigenvalue weighted by Gasteiger charge is -2.27. The number of benzene rings is 1. The Morgan fingerprint density at radius 3 is 2.25 bits per heavy atom. The molecule has 114 valence electrons. The second-order valence-corrected chi connectivity index (χ2v) is 7.34. The van der Waals surface area contributed by atoms with E-state index in [1.807, 2.05) is 13.8 Å². The molecule has 4 nitrogen and oxygen atoms in total. The van der Waals surface area contributed by atoms with Gasteiger partial charge in [-0.3, -0.25) is 0 Å². The number of rotatable bonds is 6. The first-order chi connectivity index (χ1) is 9.20. The molecule has 0 aliphatic carbocycles. The zero-order valence-corrected chi connectivity index (χ0v) is 13.1. The third-order valence-corrected chi connectivity index (χ3v) is 4.96. The highest BCUT2D eigenvalue weighted by atomic mass is 32.2. The molecule has 1 aromatic carbocycles. The maximum Gasteiger partial charge on any atom is 0.246 e. The molecule has 0 radical (unpaired) electrons. The van der Waals surface area contributed by atoms with Crippen molar-refractivity contribution in [3.8, 4) is 0 Å². The van der Waals surface area contributed by atoms with Gasteiger partial charge in [0.15, 0.2) is 0 Å². The van der Waals surface area contributed by atoms with Crippen LogP contribution in [-0.4, -0.2) is 30.4 Å². The molecule has 0 spiro atoms. The van der Waals surface area contributed by atoms with Gasteiger partial charge in [-0.2, -0.15) is 4.31 Å². The maximum atomic E-state index is 14.0. The fourth-order valence-corrected chi connectivity index (χ4v) is 3.77. The molecule has 20 heavy (non-hydrogen) atoms. The number of hydrogen-bond acceptors (Lipinski definition) is 3. The predicted octanol–water partition coefficient (Wildman–Crippen LogP) is 2.37. The van der Waals surface area contributed by atoms with Crippen LogP contribution < -0.4 is 0 Å². The SMILES string of the molecule is CC(C)CN(C(C)C)S(=O)(=O)c1ccc(CO)cc1F. The van der Waals surface area contributed by atoms with Crippen LogP contribution in [0.25, 0.3) is 0 Å². The summed E-state index contributed by atoms with van der Waals surface area (Å²) in [6.45, 7) is 7.37. The second-order valence-electron chi connectivity index (χ2n) is 5.49. The van der Waals surface area contributed by atoms with Gasteiger partial charge >= 0.3 is 0 Å². The molecule has 0 aliphatic rings. The van der Waals surface area contributed by atoms with Gasteiger partial charge in [-0.05, 0) is 37.5 Å². The normalized spacial score (nSPS) is 12.7. The topological polar surface area (TPSA) is 57.6 Å². The highest BCUT2D eigenvalue weighted by Gasteiger charge is 2.30. The molecule has 1 rings (SSSR count). The first-order valence-corrected chi connectivity index (χ1v) is 8.05. The van der Waals surface area contributed by atoms with Crippen LogP contribution in [0.5, 0.6) is 0 Å². The Morgan fingerprint density at radius 2 is 1.85 bits per heavy atom. The third kappa shape index (κ3) is 3.77. The lowest BCUT2D eigenvalue weighted by Crippen LogP contribution is -2.39. The van der Waals surface area contributed by atoms with Gasteiger partial charge in [0.25, 0.3) is 0 Å². The number of sulfonamides is 1. The van der Waals surface area contributed by atoms with Crippen molar-refractivity contribution in [1.29, 1.82) is 0 Å². The van der Waals surface area contributed by atoms with E-state index in [-0.39, 0.29) is 23.5 Å². The number of halogens is 1. The van der Waals surface area contributed by atoms with E-state index in [0.717, 1.165) is 6.07 Å². The second kappa shape index (κ2) is 6.65. The summed E-state index contributed by atoms with van der Waals surface area (Å²) in [4.78, 5) is -0.343. The van der Waals surface area contributed by atoms with Gasteiger partial charge in [0.2, 0.25) is 10.0 Å². The van der Waals surface area contributed by atoms with E-state index in [0.29, 0.717) is 12.1 Å². The molecule has 0 unspecified atom stereocenters. The molecule has 6 heteroatoms. The van der Waals surface area contributed by atoms with Gasteiger partial charge < -0.3 is 5.11 Å². The number of aliphatic hydroxyl groups is 1. The van der Waals surface area contributed by atoms with Crippen molar-refractivity contribution in [2.24, 2.45) is 5.92 Å². The largest absolute Gasteiger partial charge is 0.392 e. The average Bonchev–Trinajstić information content (AvgIpc) is 2.34. The van der Waals surface area contributed by atoms with E-state index in [4.69, 9.17) is 5.11 Å². The number of hydrogen-bond donors (Lipinski definition) is 1. The van der Waals surface area contributed by atoms with Crippen molar-refractivity contribution in [3.63, 3.8) is 0 Å². The minimum absolute atomic E-state index is 0.145. The molecule has 0 saturated carbocycles. The average molecular weight is 303 g/mol. The van der Waals surface area contributed by atoms with E-state index < -0.39 is 15.8 Å². The molecule has 0 fully saturated rings. The van der Waals surface area contributed by atoms with Crippen molar-refractivity contribution >= 4 is 10.0 Å². The van der Waals surface area contributed by atoms with E-state index in [1.54, 1.807) is 13.8 Å². The Hall–Kier alpha value is -0.980. The Morgan fingerprint density at radius 1 is 1.25 bits per heavy atom. The molecule has 0 heterocycles. The molecule has 1 aromatic rings. The highest BCUT2D eigenvalue weighted by molar-refractivity contribution is 7.89. The standard InChI is InChI=1S/C14H22FNO3S/c1-10(2)8-16(11(3)4)20(18,19)14-6-5-12(9-17)7-13(14)15/h5-7,10-11,17H,8-9H2,1-4H3. The summed E-state index contributed by atoms with van der Waals surface area (Å²) in [6, 6.07) is 3.44. The van der Waals surface area contributed by atoms with Crippen molar-refractivity contribution in [1.82, 2.24) is 4.31 Å². The highest BCUT2D eigenvalue weighted by Crippen LogP contribution is 2.23. The summed E-state index contributed by atoms with van der Waals surface area (Å²) in [5.41, 5.74) is 0.349. The lowest BCUT2D eigenvalue weighted by atomic mass is 10.2. The molecule has 1 N–H and O–H groups in total. The summed E-state index contributed by atoms with van der Waals surface area (Å²) < 4.78 is 40.4. The van der Waals surface area contributed by atoms with Gasteiger partial charge in [0.05, 0.1) is 6.61 Å². The quantitative estimate of drug-likeness (QED) is 0.878. The monoisotopic (exact) mass is 303 g/mol. The lowest BCUT2D eigenvalue weighted by molar-refractivity contribution is 0.281. The third-order valence-electron chi connectivity index (χ3n) is 2.89. The molecule has 0 saturated heterocycles. The zero-order valence-electron chi connectivity index (χ0n) is 12.3. The molecule has 0 atom stereocenters. The minimum atomic E-state index is -3.87. The van der Waals surface area contributed by atoms with Gasteiger partial charge in [-0.15, -0.1) is 0 Å². The fourth-order valence-electron chi connectivity index (χ4n) is 1.92. The van der Waals surface area contributed by atoms with Crippen LogP contribution in [0, 0.1) is 11.7 Å². The molecule has 0 aliphatic heterocycles. The van der Waals surface area contributed by atoms with Gasteiger partial charge in [0, 0.05) is 12.6 Å². The Bertz CT molecular complexity index is 556. The molecule has 0 amide bonds. The van der Waals surface area contributed by atoms with Crippen molar-refractivity contribution in [2.45, 2.75) is 45.2 Å². The molecule has 0 aromatic heterocycles. The van der Waals surface area contributed by atoms with Gasteiger partial charge in [-0.25, -0.2) is 12.8 Å². The van der Waals surface area contributed by atoms with Gasteiger partial charge in [-0.1, -0.05) is 19.9 Å². The maximum absolute atomic E-state index is 14.0. The van der Waals surface area contributed by atoms with Crippen molar-refractivity contribution < 1.29 is 17.9 Å². The summed E-state index contributed by atoms with van der Waals surface area (Å²) in [5, 5.41) is 8.95. The van der Waals surface area contributed by atoms with Crippen LogP contribution in [0.2, 0.25) is 0 Å². The first kappa shape index (κ1) is 17.1. The van der Waals surface area contributed by atoms with Crippen LogP contribution in [0.4, 0.5) is 4.39 Å². The Labute approximate surface area is 120 Å². The van der Waals surface area contributed by atoms with Crippen molar-refractivity contribution in [3.05, 3.63) is 29.6 Å². The molecular weight excluding hydrogens is 281 g/mol. The fraction of sp³-hybridized carbons (Fsp3) is 0.571. The van der Waals surface area contributed by atoms with E-state index in [1.165, 1.54) is 16.4 Å². The number of nitrogens with zero attached hydrogens (tertiary/aromatic N) is 1.